The Bertz CT molecular complexity index is 289. The van der Waals surface area contributed by atoms with E-state index in [0.717, 1.165) is 5.82 Å². The number of hydrogen-bond acceptors (Lipinski definition) is 3. The molecule has 0 aromatic carbocycles. The average molecular weight is 175 g/mol. The van der Waals surface area contributed by atoms with Gasteiger partial charge in [0.25, 0.3) is 0 Å². The third-order valence-corrected chi connectivity index (χ3v) is 1.81. The predicted octanol–water partition coefficient (Wildman–Crippen LogP) is 1.68. The quantitative estimate of drug-likeness (QED) is 0.701. The van der Waals surface area contributed by atoms with E-state index in [2.05, 4.69) is 11.1 Å². The Balaban J connectivity index is 2.60. The van der Waals surface area contributed by atoms with Gasteiger partial charge < -0.3 is 4.90 Å². The van der Waals surface area contributed by atoms with Gasteiger partial charge in [-0.3, -0.25) is 0 Å². The lowest BCUT2D eigenvalue weighted by Gasteiger charge is -2.18. The van der Waals surface area contributed by atoms with Crippen molar-refractivity contribution < 1.29 is 0 Å². The lowest BCUT2D eigenvalue weighted by Crippen LogP contribution is -2.23. The van der Waals surface area contributed by atoms with Gasteiger partial charge in [-0.1, -0.05) is 6.07 Å². The molecular formula is C10H13N3. The summed E-state index contributed by atoms with van der Waals surface area (Å²) >= 11 is 0. The maximum absolute atomic E-state index is 8.63. The molecule has 0 radical (unpaired) electrons. The zero-order valence-corrected chi connectivity index (χ0v) is 7.94. The first-order valence-electron chi connectivity index (χ1n) is 4.26. The largest absolute Gasteiger partial charge is 0.358 e. The Kier molecular flexibility index (Phi) is 3.27. The van der Waals surface area contributed by atoms with Gasteiger partial charge in [-0.25, -0.2) is 4.98 Å². The summed E-state index contributed by atoms with van der Waals surface area (Å²) in [4.78, 5) is 6.16. The Morgan fingerprint density at radius 3 is 2.92 bits per heavy atom. The molecule has 0 saturated carbocycles. The number of pyridine rings is 1. The van der Waals surface area contributed by atoms with E-state index < -0.39 is 0 Å². The predicted molar refractivity (Wildman–Crippen MR) is 52.3 cm³/mol. The number of nitriles is 1. The van der Waals surface area contributed by atoms with E-state index in [0.29, 0.717) is 6.54 Å². The van der Waals surface area contributed by atoms with Gasteiger partial charge in [0.05, 0.1) is 12.0 Å². The maximum atomic E-state index is 8.63. The highest BCUT2D eigenvalue weighted by atomic mass is 15.2. The smallest absolute Gasteiger partial charge is 0.128 e. The van der Waals surface area contributed by atoms with Crippen LogP contribution >= 0.6 is 0 Å². The Hall–Kier alpha value is -1.56. The molecule has 1 unspecified atom stereocenters. The second-order valence-electron chi connectivity index (χ2n) is 3.10. The van der Waals surface area contributed by atoms with E-state index in [9.17, 15) is 0 Å². The summed E-state index contributed by atoms with van der Waals surface area (Å²) in [7, 11) is 1.94. The minimum absolute atomic E-state index is 0.0343. The first kappa shape index (κ1) is 9.53. The van der Waals surface area contributed by atoms with E-state index in [-0.39, 0.29) is 5.92 Å². The molecule has 0 spiro atoms. The van der Waals surface area contributed by atoms with Crippen molar-refractivity contribution in [2.75, 3.05) is 18.5 Å². The van der Waals surface area contributed by atoms with Gasteiger partial charge in [-0.05, 0) is 19.1 Å². The van der Waals surface area contributed by atoms with E-state index in [4.69, 9.17) is 5.26 Å². The molecule has 1 rings (SSSR count). The Morgan fingerprint density at radius 2 is 2.38 bits per heavy atom. The summed E-state index contributed by atoms with van der Waals surface area (Å²) in [6.07, 6.45) is 1.75. The number of rotatable bonds is 3. The maximum Gasteiger partial charge on any atom is 0.128 e. The van der Waals surface area contributed by atoms with Crippen LogP contribution in [-0.2, 0) is 0 Å². The molecule has 0 aliphatic heterocycles. The molecule has 68 valence electrons. The van der Waals surface area contributed by atoms with Crippen LogP contribution in [0.1, 0.15) is 6.92 Å². The van der Waals surface area contributed by atoms with Crippen LogP contribution in [0.15, 0.2) is 24.4 Å². The van der Waals surface area contributed by atoms with Crippen molar-refractivity contribution in [2.24, 2.45) is 5.92 Å². The second kappa shape index (κ2) is 4.46. The van der Waals surface area contributed by atoms with Gasteiger partial charge in [-0.2, -0.15) is 5.26 Å². The number of aromatic nitrogens is 1. The summed E-state index contributed by atoms with van der Waals surface area (Å²) in [5, 5.41) is 8.63. The van der Waals surface area contributed by atoms with Crippen LogP contribution in [0.2, 0.25) is 0 Å². The Morgan fingerprint density at radius 1 is 1.62 bits per heavy atom. The van der Waals surface area contributed by atoms with Gasteiger partial charge in [0.2, 0.25) is 0 Å². The third-order valence-electron chi connectivity index (χ3n) is 1.81. The highest BCUT2D eigenvalue weighted by Gasteiger charge is 2.05. The highest BCUT2D eigenvalue weighted by molar-refractivity contribution is 5.36. The van der Waals surface area contributed by atoms with Crippen LogP contribution in [-0.4, -0.2) is 18.6 Å². The third kappa shape index (κ3) is 2.75. The van der Waals surface area contributed by atoms with E-state index in [1.54, 1.807) is 6.20 Å². The number of anilines is 1. The molecule has 1 aromatic heterocycles. The van der Waals surface area contributed by atoms with Crippen molar-refractivity contribution >= 4 is 5.82 Å². The molecule has 0 N–H and O–H groups in total. The van der Waals surface area contributed by atoms with Crippen molar-refractivity contribution in [3.8, 4) is 6.07 Å². The molecule has 13 heavy (non-hydrogen) atoms. The summed E-state index contributed by atoms with van der Waals surface area (Å²) in [6, 6.07) is 7.95. The zero-order valence-electron chi connectivity index (χ0n) is 7.94. The van der Waals surface area contributed by atoms with Crippen LogP contribution in [0.3, 0.4) is 0 Å². The van der Waals surface area contributed by atoms with Gasteiger partial charge in [0, 0.05) is 19.8 Å². The minimum atomic E-state index is 0.0343. The molecule has 0 amide bonds. The van der Waals surface area contributed by atoms with Gasteiger partial charge in [0.1, 0.15) is 5.82 Å². The highest BCUT2D eigenvalue weighted by Crippen LogP contribution is 2.08. The zero-order chi connectivity index (χ0) is 9.68. The standard InChI is InChI=1S/C10H13N3/c1-9(7-11)8-13(2)10-5-3-4-6-12-10/h3-6,9H,8H2,1-2H3. The minimum Gasteiger partial charge on any atom is -0.358 e. The lowest BCUT2D eigenvalue weighted by molar-refractivity contribution is 0.710. The van der Waals surface area contributed by atoms with Gasteiger partial charge in [-0.15, -0.1) is 0 Å². The molecule has 1 heterocycles. The second-order valence-corrected chi connectivity index (χ2v) is 3.10. The summed E-state index contributed by atoms with van der Waals surface area (Å²) in [5.74, 6) is 0.941. The fourth-order valence-corrected chi connectivity index (χ4v) is 1.12. The van der Waals surface area contributed by atoms with E-state index in [1.807, 2.05) is 37.1 Å². The normalized spacial score (nSPS) is 11.8. The first-order valence-corrected chi connectivity index (χ1v) is 4.26. The molecule has 3 nitrogen and oxygen atoms in total. The monoisotopic (exact) mass is 175 g/mol. The fourth-order valence-electron chi connectivity index (χ4n) is 1.12. The molecule has 0 bridgehead atoms. The van der Waals surface area contributed by atoms with Crippen molar-refractivity contribution in [3.05, 3.63) is 24.4 Å². The van der Waals surface area contributed by atoms with Crippen LogP contribution < -0.4 is 4.90 Å². The summed E-state index contributed by atoms with van der Waals surface area (Å²) < 4.78 is 0. The summed E-state index contributed by atoms with van der Waals surface area (Å²) in [5.41, 5.74) is 0. The summed E-state index contributed by atoms with van der Waals surface area (Å²) in [6.45, 7) is 2.62. The van der Waals surface area contributed by atoms with Crippen LogP contribution in [0, 0.1) is 17.2 Å². The van der Waals surface area contributed by atoms with E-state index >= 15 is 0 Å². The molecule has 1 aromatic rings. The first-order chi connectivity index (χ1) is 6.24. The van der Waals surface area contributed by atoms with Crippen LogP contribution in [0.5, 0.6) is 0 Å². The molecule has 0 aliphatic rings. The van der Waals surface area contributed by atoms with E-state index in [1.165, 1.54) is 0 Å². The Labute approximate surface area is 78.6 Å². The van der Waals surface area contributed by atoms with Crippen molar-refractivity contribution in [2.45, 2.75) is 6.92 Å². The van der Waals surface area contributed by atoms with Crippen molar-refractivity contribution in [1.82, 2.24) is 4.98 Å². The topological polar surface area (TPSA) is 39.9 Å². The fraction of sp³-hybridized carbons (Fsp3) is 0.400. The molecule has 0 saturated heterocycles. The molecule has 3 heteroatoms. The van der Waals surface area contributed by atoms with Crippen LogP contribution in [0.4, 0.5) is 5.82 Å². The molecular weight excluding hydrogens is 162 g/mol. The molecule has 0 aliphatic carbocycles. The molecule has 0 fully saturated rings. The van der Waals surface area contributed by atoms with Crippen LogP contribution in [0.25, 0.3) is 0 Å². The number of nitrogens with zero attached hydrogens (tertiary/aromatic N) is 3. The van der Waals surface area contributed by atoms with Gasteiger partial charge in [0.15, 0.2) is 0 Å². The SMILES string of the molecule is CC(C#N)CN(C)c1ccccn1. The average Bonchev–Trinajstić information content (AvgIpc) is 2.19. The van der Waals surface area contributed by atoms with Crippen molar-refractivity contribution in [1.29, 1.82) is 5.26 Å². The molecule has 1 atom stereocenters. The lowest BCUT2D eigenvalue weighted by atomic mass is 10.2. The number of hydrogen-bond donors (Lipinski definition) is 0. The van der Waals surface area contributed by atoms with Gasteiger partial charge >= 0.3 is 0 Å². The van der Waals surface area contributed by atoms with Crippen molar-refractivity contribution in [3.63, 3.8) is 0 Å².